The van der Waals surface area contributed by atoms with Crippen LogP contribution in [0.4, 0.5) is 0 Å². The number of hydrogen-bond donors (Lipinski definition) is 1. The molecule has 2 aliphatic rings. The summed E-state index contributed by atoms with van der Waals surface area (Å²) in [5, 5.41) is 10.5. The molecular weight excluding hydrogens is 216 g/mol. The number of methoxy groups -OCH3 is 1. The lowest BCUT2D eigenvalue weighted by atomic mass is 9.83. The van der Waals surface area contributed by atoms with E-state index in [-0.39, 0.29) is 0 Å². The second-order valence-corrected chi connectivity index (χ2v) is 5.23. The number of rotatable bonds is 3. The van der Waals surface area contributed by atoms with E-state index >= 15 is 0 Å². The maximum Gasteiger partial charge on any atom is 0.238 e. The van der Waals surface area contributed by atoms with E-state index in [4.69, 9.17) is 4.74 Å². The van der Waals surface area contributed by atoms with Crippen LogP contribution in [0.15, 0.2) is 12.4 Å². The van der Waals surface area contributed by atoms with Crippen LogP contribution in [0.1, 0.15) is 37.5 Å². The highest BCUT2D eigenvalue weighted by molar-refractivity contribution is 5.21. The molecule has 3 rings (SSSR count). The summed E-state index contributed by atoms with van der Waals surface area (Å²) < 4.78 is 5.17. The molecule has 92 valence electrons. The number of nitrogens with zero attached hydrogens (tertiary/aromatic N) is 2. The average Bonchev–Trinajstić information content (AvgIpc) is 3.00. The SMILES string of the molecule is COc1nccnc1C(O)C1CC2CCC1C2. The number of fused-ring (bicyclic) bond motifs is 2. The molecule has 0 saturated heterocycles. The molecule has 2 saturated carbocycles. The quantitative estimate of drug-likeness (QED) is 0.868. The van der Waals surface area contributed by atoms with Gasteiger partial charge in [0.1, 0.15) is 11.8 Å². The first-order valence-electron chi connectivity index (χ1n) is 6.32. The summed E-state index contributed by atoms with van der Waals surface area (Å²) in [6.07, 6.45) is 7.70. The number of aliphatic hydroxyl groups is 1. The van der Waals surface area contributed by atoms with Crippen LogP contribution >= 0.6 is 0 Å². The zero-order chi connectivity index (χ0) is 11.8. The lowest BCUT2D eigenvalue weighted by Crippen LogP contribution is -2.20. The minimum absolute atomic E-state index is 0.347. The van der Waals surface area contributed by atoms with Crippen molar-refractivity contribution in [2.75, 3.05) is 7.11 Å². The van der Waals surface area contributed by atoms with Gasteiger partial charge in [-0.05, 0) is 37.0 Å². The Labute approximate surface area is 101 Å². The van der Waals surface area contributed by atoms with E-state index in [1.54, 1.807) is 19.5 Å². The van der Waals surface area contributed by atoms with Crippen molar-refractivity contribution in [3.8, 4) is 5.88 Å². The summed E-state index contributed by atoms with van der Waals surface area (Å²) in [7, 11) is 1.57. The standard InChI is InChI=1S/C13H18N2O2/c1-17-13-11(14-4-5-15-13)12(16)10-7-8-2-3-9(10)6-8/h4-5,8-10,12,16H,2-3,6-7H2,1H3. The van der Waals surface area contributed by atoms with E-state index in [9.17, 15) is 5.11 Å². The Kier molecular flexibility index (Phi) is 2.74. The second-order valence-electron chi connectivity index (χ2n) is 5.23. The topological polar surface area (TPSA) is 55.2 Å². The lowest BCUT2D eigenvalue weighted by Gasteiger charge is -2.26. The highest BCUT2D eigenvalue weighted by Crippen LogP contribution is 2.52. The maximum atomic E-state index is 10.5. The van der Waals surface area contributed by atoms with Crippen molar-refractivity contribution in [1.82, 2.24) is 9.97 Å². The largest absolute Gasteiger partial charge is 0.480 e. The van der Waals surface area contributed by atoms with Crippen molar-refractivity contribution < 1.29 is 9.84 Å². The Morgan fingerprint density at radius 3 is 2.76 bits per heavy atom. The van der Waals surface area contributed by atoms with Gasteiger partial charge < -0.3 is 9.84 Å². The molecule has 4 nitrogen and oxygen atoms in total. The van der Waals surface area contributed by atoms with Gasteiger partial charge in [-0.1, -0.05) is 6.42 Å². The highest BCUT2D eigenvalue weighted by atomic mass is 16.5. The predicted molar refractivity (Wildman–Crippen MR) is 62.5 cm³/mol. The van der Waals surface area contributed by atoms with Crippen LogP contribution < -0.4 is 4.74 Å². The van der Waals surface area contributed by atoms with Gasteiger partial charge in [-0.25, -0.2) is 4.98 Å². The second kappa shape index (κ2) is 4.26. The first kappa shape index (κ1) is 11.0. The fourth-order valence-electron chi connectivity index (χ4n) is 3.58. The summed E-state index contributed by atoms with van der Waals surface area (Å²) in [4.78, 5) is 8.35. The van der Waals surface area contributed by atoms with Crippen LogP contribution in [0.25, 0.3) is 0 Å². The number of hydrogen-bond acceptors (Lipinski definition) is 4. The van der Waals surface area contributed by atoms with E-state index in [2.05, 4.69) is 9.97 Å². The van der Waals surface area contributed by atoms with E-state index in [0.29, 0.717) is 23.4 Å². The molecule has 1 aromatic rings. The Bertz CT molecular complexity index is 410. The summed E-state index contributed by atoms with van der Waals surface area (Å²) in [6.45, 7) is 0. The number of aliphatic hydroxyl groups excluding tert-OH is 1. The minimum Gasteiger partial charge on any atom is -0.480 e. The predicted octanol–water partition coefficient (Wildman–Crippen LogP) is 1.95. The maximum absolute atomic E-state index is 10.5. The Morgan fingerprint density at radius 2 is 2.12 bits per heavy atom. The lowest BCUT2D eigenvalue weighted by molar-refractivity contribution is 0.0679. The Hall–Kier alpha value is -1.16. The molecule has 0 spiro atoms. The van der Waals surface area contributed by atoms with Crippen LogP contribution in [0.5, 0.6) is 5.88 Å². The van der Waals surface area contributed by atoms with Crippen LogP contribution in [-0.2, 0) is 0 Å². The average molecular weight is 234 g/mol. The monoisotopic (exact) mass is 234 g/mol. The fraction of sp³-hybridized carbons (Fsp3) is 0.692. The molecule has 4 atom stereocenters. The molecular formula is C13H18N2O2. The van der Waals surface area contributed by atoms with Gasteiger partial charge in [-0.2, -0.15) is 0 Å². The smallest absolute Gasteiger partial charge is 0.238 e. The molecule has 0 aliphatic heterocycles. The molecule has 0 radical (unpaired) electrons. The first-order valence-corrected chi connectivity index (χ1v) is 6.32. The minimum atomic E-state index is -0.519. The van der Waals surface area contributed by atoms with Crippen LogP contribution in [0.2, 0.25) is 0 Å². The van der Waals surface area contributed by atoms with Crippen molar-refractivity contribution in [2.24, 2.45) is 17.8 Å². The number of ether oxygens (including phenoxy) is 1. The van der Waals surface area contributed by atoms with Gasteiger partial charge in [0.2, 0.25) is 5.88 Å². The third-order valence-electron chi connectivity index (χ3n) is 4.36. The van der Waals surface area contributed by atoms with Gasteiger partial charge in [0.25, 0.3) is 0 Å². The molecule has 0 aromatic carbocycles. The van der Waals surface area contributed by atoms with E-state index in [1.165, 1.54) is 19.3 Å². The molecule has 4 unspecified atom stereocenters. The summed E-state index contributed by atoms with van der Waals surface area (Å²) in [6, 6.07) is 0. The Balaban J connectivity index is 1.84. The van der Waals surface area contributed by atoms with Crippen LogP contribution in [0.3, 0.4) is 0 Å². The summed E-state index contributed by atoms with van der Waals surface area (Å²) in [5.41, 5.74) is 0.604. The van der Waals surface area contributed by atoms with E-state index in [1.807, 2.05) is 0 Å². The van der Waals surface area contributed by atoms with Gasteiger partial charge in [0, 0.05) is 12.4 Å². The third kappa shape index (κ3) is 1.80. The van der Waals surface area contributed by atoms with Gasteiger partial charge in [-0.15, -0.1) is 0 Å². The van der Waals surface area contributed by atoms with Crippen LogP contribution in [0, 0.1) is 17.8 Å². The molecule has 2 bridgehead atoms. The van der Waals surface area contributed by atoms with Crippen molar-refractivity contribution in [3.05, 3.63) is 18.1 Å². The van der Waals surface area contributed by atoms with Gasteiger partial charge in [0.05, 0.1) is 7.11 Å². The van der Waals surface area contributed by atoms with Gasteiger partial charge in [-0.3, -0.25) is 4.98 Å². The molecule has 2 aliphatic carbocycles. The fourth-order valence-corrected chi connectivity index (χ4v) is 3.58. The molecule has 2 fully saturated rings. The van der Waals surface area contributed by atoms with Crippen molar-refractivity contribution in [3.63, 3.8) is 0 Å². The summed E-state index contributed by atoms with van der Waals surface area (Å²) in [5.74, 6) is 2.30. The molecule has 1 aromatic heterocycles. The summed E-state index contributed by atoms with van der Waals surface area (Å²) >= 11 is 0. The molecule has 17 heavy (non-hydrogen) atoms. The molecule has 0 amide bonds. The number of aromatic nitrogens is 2. The molecule has 4 heteroatoms. The van der Waals surface area contributed by atoms with Gasteiger partial charge in [0.15, 0.2) is 0 Å². The van der Waals surface area contributed by atoms with Gasteiger partial charge >= 0.3 is 0 Å². The Morgan fingerprint density at radius 1 is 1.29 bits per heavy atom. The van der Waals surface area contributed by atoms with Crippen LogP contribution in [-0.4, -0.2) is 22.2 Å². The molecule has 1 N–H and O–H groups in total. The van der Waals surface area contributed by atoms with Crippen molar-refractivity contribution in [1.29, 1.82) is 0 Å². The zero-order valence-electron chi connectivity index (χ0n) is 10.0. The normalized spacial score (nSPS) is 32.7. The van der Waals surface area contributed by atoms with Crippen molar-refractivity contribution in [2.45, 2.75) is 31.8 Å². The van der Waals surface area contributed by atoms with E-state index in [0.717, 1.165) is 12.3 Å². The first-order chi connectivity index (χ1) is 8.29. The van der Waals surface area contributed by atoms with Crippen molar-refractivity contribution >= 4 is 0 Å². The highest BCUT2D eigenvalue weighted by Gasteiger charge is 2.44. The third-order valence-corrected chi connectivity index (χ3v) is 4.36. The zero-order valence-corrected chi connectivity index (χ0v) is 10.0. The van der Waals surface area contributed by atoms with E-state index < -0.39 is 6.10 Å². The molecule has 1 heterocycles.